The van der Waals surface area contributed by atoms with E-state index in [0.717, 1.165) is 25.8 Å². The van der Waals surface area contributed by atoms with Gasteiger partial charge in [0.25, 0.3) is 5.82 Å². The molecular weight excluding hydrogens is 288 g/mol. The molecule has 1 rings (SSSR count). The maximum Gasteiger partial charge on any atom is 0.346 e. The summed E-state index contributed by atoms with van der Waals surface area (Å²) in [5.74, 6) is 0.415. The second kappa shape index (κ2) is 11.3. The molecule has 0 unspecified atom stereocenters. The standard InChI is InChI=1S/C19H34N2O2/c1-4-6-7-8-9-10-11-12-13-18-20(16-19(22)23)15-17(3)21(18)14-5-2/h15H,4-14,16H2,1-3H3/p+1. The topological polar surface area (TPSA) is 46.1 Å². The van der Waals surface area contributed by atoms with Crippen LogP contribution in [-0.2, 0) is 24.3 Å². The largest absolute Gasteiger partial charge is 0.478 e. The number of hydrogen-bond acceptors (Lipinski definition) is 1. The van der Waals surface area contributed by atoms with Crippen LogP contribution in [0.2, 0.25) is 0 Å². The van der Waals surface area contributed by atoms with E-state index in [1.54, 1.807) is 0 Å². The molecule has 4 heteroatoms. The summed E-state index contributed by atoms with van der Waals surface area (Å²) in [6.07, 6.45) is 14.5. The van der Waals surface area contributed by atoms with Gasteiger partial charge in [0.1, 0.15) is 11.9 Å². The first-order valence-electron chi connectivity index (χ1n) is 9.40. The average Bonchev–Trinajstić information content (AvgIpc) is 2.77. The van der Waals surface area contributed by atoms with Gasteiger partial charge in [-0.1, -0.05) is 58.8 Å². The maximum absolute atomic E-state index is 11.1. The number of nitrogens with zero attached hydrogens (tertiary/aromatic N) is 2. The molecule has 23 heavy (non-hydrogen) atoms. The quantitative estimate of drug-likeness (QED) is 0.435. The summed E-state index contributed by atoms with van der Waals surface area (Å²) in [6.45, 7) is 7.54. The Bertz CT molecular complexity index is 466. The van der Waals surface area contributed by atoms with Gasteiger partial charge in [-0.05, 0) is 12.8 Å². The second-order valence-corrected chi connectivity index (χ2v) is 6.58. The van der Waals surface area contributed by atoms with Gasteiger partial charge in [0.05, 0.1) is 6.54 Å². The summed E-state index contributed by atoms with van der Waals surface area (Å²) >= 11 is 0. The van der Waals surface area contributed by atoms with Crippen LogP contribution in [0.1, 0.15) is 83.2 Å². The van der Waals surface area contributed by atoms with Crippen molar-refractivity contribution in [2.24, 2.45) is 0 Å². The molecule has 0 amide bonds. The molecule has 0 aromatic carbocycles. The summed E-state index contributed by atoms with van der Waals surface area (Å²) in [5.41, 5.74) is 1.17. The molecule has 132 valence electrons. The third-order valence-electron chi connectivity index (χ3n) is 4.42. The van der Waals surface area contributed by atoms with Crippen LogP contribution < -0.4 is 4.57 Å². The first kappa shape index (κ1) is 19.7. The van der Waals surface area contributed by atoms with Gasteiger partial charge in [-0.2, -0.15) is 0 Å². The lowest BCUT2D eigenvalue weighted by Gasteiger charge is -2.05. The highest BCUT2D eigenvalue weighted by Gasteiger charge is 2.21. The van der Waals surface area contributed by atoms with Gasteiger partial charge in [0.2, 0.25) is 0 Å². The molecular formula is C19H35N2O2+. The van der Waals surface area contributed by atoms with E-state index in [2.05, 4.69) is 25.3 Å². The van der Waals surface area contributed by atoms with Gasteiger partial charge < -0.3 is 5.11 Å². The minimum absolute atomic E-state index is 0.0733. The Morgan fingerprint density at radius 1 is 1.04 bits per heavy atom. The number of rotatable bonds is 13. The number of aryl methyl sites for hydroxylation is 1. The van der Waals surface area contributed by atoms with E-state index in [9.17, 15) is 4.79 Å². The van der Waals surface area contributed by atoms with E-state index in [4.69, 9.17) is 5.11 Å². The molecule has 0 aliphatic heterocycles. The lowest BCUT2D eigenvalue weighted by Crippen LogP contribution is -2.41. The fourth-order valence-corrected chi connectivity index (χ4v) is 3.24. The van der Waals surface area contributed by atoms with Crippen molar-refractivity contribution in [2.75, 3.05) is 0 Å². The van der Waals surface area contributed by atoms with E-state index < -0.39 is 5.97 Å². The first-order valence-corrected chi connectivity index (χ1v) is 9.40. The highest BCUT2D eigenvalue weighted by Crippen LogP contribution is 2.12. The molecule has 0 saturated heterocycles. The lowest BCUT2D eigenvalue weighted by atomic mass is 10.1. The molecule has 0 saturated carbocycles. The molecule has 0 radical (unpaired) electrons. The zero-order valence-electron chi connectivity index (χ0n) is 15.3. The summed E-state index contributed by atoms with van der Waals surface area (Å²) in [6, 6.07) is 0. The van der Waals surface area contributed by atoms with E-state index >= 15 is 0 Å². The van der Waals surface area contributed by atoms with Crippen molar-refractivity contribution in [1.29, 1.82) is 0 Å². The van der Waals surface area contributed by atoms with E-state index in [-0.39, 0.29) is 6.54 Å². The molecule has 4 nitrogen and oxygen atoms in total. The zero-order valence-corrected chi connectivity index (χ0v) is 15.3. The summed E-state index contributed by atoms with van der Waals surface area (Å²) in [5, 5.41) is 9.10. The second-order valence-electron chi connectivity index (χ2n) is 6.58. The number of carbonyl (C=O) groups is 1. The van der Waals surface area contributed by atoms with Crippen LogP contribution in [-0.4, -0.2) is 15.6 Å². The number of hydrogen-bond donors (Lipinski definition) is 1. The number of aliphatic carboxylic acids is 1. The molecule has 0 atom stereocenters. The Balaban J connectivity index is 2.48. The molecule has 0 spiro atoms. The van der Waals surface area contributed by atoms with Crippen LogP contribution in [0.25, 0.3) is 0 Å². The van der Waals surface area contributed by atoms with Gasteiger partial charge in [-0.25, -0.2) is 13.9 Å². The zero-order chi connectivity index (χ0) is 17.1. The summed E-state index contributed by atoms with van der Waals surface area (Å²) < 4.78 is 4.22. The Morgan fingerprint density at radius 3 is 2.22 bits per heavy atom. The van der Waals surface area contributed by atoms with Crippen LogP contribution in [0.15, 0.2) is 6.20 Å². The predicted molar refractivity (Wildman–Crippen MR) is 93.6 cm³/mol. The minimum atomic E-state index is -0.763. The third kappa shape index (κ3) is 7.19. The number of imidazole rings is 1. The van der Waals surface area contributed by atoms with Crippen molar-refractivity contribution < 1.29 is 14.5 Å². The SMILES string of the molecule is CCCCCCCCCCc1n(CCC)c(C)c[n+]1CC(=O)O. The molecule has 0 fully saturated rings. The highest BCUT2D eigenvalue weighted by atomic mass is 16.4. The van der Waals surface area contributed by atoms with Crippen LogP contribution in [0.3, 0.4) is 0 Å². The van der Waals surface area contributed by atoms with E-state index in [0.29, 0.717) is 0 Å². The predicted octanol–water partition coefficient (Wildman–Crippen LogP) is 4.26. The van der Waals surface area contributed by atoms with Crippen LogP contribution in [0, 0.1) is 6.92 Å². The van der Waals surface area contributed by atoms with Gasteiger partial charge in [-0.3, -0.25) is 0 Å². The monoisotopic (exact) mass is 323 g/mol. The van der Waals surface area contributed by atoms with Crippen molar-refractivity contribution in [3.63, 3.8) is 0 Å². The fraction of sp³-hybridized carbons (Fsp3) is 0.789. The van der Waals surface area contributed by atoms with Crippen LogP contribution in [0.4, 0.5) is 0 Å². The summed E-state index contributed by atoms with van der Waals surface area (Å²) in [4.78, 5) is 11.1. The number of unbranched alkanes of at least 4 members (excludes halogenated alkanes) is 7. The van der Waals surface area contributed by atoms with Crippen molar-refractivity contribution in [1.82, 2.24) is 4.57 Å². The Labute approximate surface area is 141 Å². The normalized spacial score (nSPS) is 11.1. The Hall–Kier alpha value is -1.32. The maximum atomic E-state index is 11.1. The molecule has 1 heterocycles. The molecule has 0 aliphatic rings. The molecule has 1 aromatic heterocycles. The van der Waals surface area contributed by atoms with Crippen molar-refractivity contribution in [3.05, 3.63) is 17.7 Å². The average molecular weight is 324 g/mol. The number of carboxylic acids is 1. The fourth-order valence-electron chi connectivity index (χ4n) is 3.24. The van der Waals surface area contributed by atoms with Gasteiger partial charge in [0.15, 0.2) is 6.54 Å². The van der Waals surface area contributed by atoms with E-state index in [1.165, 1.54) is 56.5 Å². The van der Waals surface area contributed by atoms with Crippen LogP contribution >= 0.6 is 0 Å². The summed E-state index contributed by atoms with van der Waals surface area (Å²) in [7, 11) is 0. The first-order chi connectivity index (χ1) is 11.1. The van der Waals surface area contributed by atoms with Gasteiger partial charge >= 0.3 is 5.97 Å². The van der Waals surface area contributed by atoms with Crippen molar-refractivity contribution >= 4 is 5.97 Å². The lowest BCUT2D eigenvalue weighted by molar-refractivity contribution is -0.693. The smallest absolute Gasteiger partial charge is 0.346 e. The minimum Gasteiger partial charge on any atom is -0.478 e. The molecule has 0 bridgehead atoms. The van der Waals surface area contributed by atoms with Gasteiger partial charge in [-0.15, -0.1) is 0 Å². The van der Waals surface area contributed by atoms with Crippen molar-refractivity contribution in [3.8, 4) is 0 Å². The molecule has 0 aliphatic carbocycles. The highest BCUT2D eigenvalue weighted by molar-refractivity contribution is 5.64. The Morgan fingerprint density at radius 2 is 1.65 bits per heavy atom. The number of carboxylic acid groups (broad SMARTS) is 1. The van der Waals surface area contributed by atoms with Crippen LogP contribution in [0.5, 0.6) is 0 Å². The van der Waals surface area contributed by atoms with E-state index in [1.807, 2.05) is 10.8 Å². The molecule has 1 aromatic rings. The Kier molecular flexibility index (Phi) is 9.65. The van der Waals surface area contributed by atoms with Crippen molar-refractivity contribution in [2.45, 2.75) is 98.1 Å². The number of aromatic nitrogens is 2. The van der Waals surface area contributed by atoms with Gasteiger partial charge in [0, 0.05) is 13.3 Å². The molecule has 1 N–H and O–H groups in total. The third-order valence-corrected chi connectivity index (χ3v) is 4.42.